The molecule has 2 rings (SSSR count). The maximum Gasteiger partial charge on any atom is 0.288 e. The molecule has 0 N–H and O–H groups in total. The van der Waals surface area contributed by atoms with Gasteiger partial charge in [-0.05, 0) is 24.3 Å². The number of hydrogen-bond acceptors (Lipinski definition) is 3. The standard InChI is InChI=1S/C14H17ClN2O3/c1-9-6-7-16(8-10(9)2)14(18)11-4-3-5-12(13(11)15)17(19)20/h3-5,9-10H,6-8H2,1-2H3. The van der Waals surface area contributed by atoms with Crippen molar-refractivity contribution in [1.82, 2.24) is 4.90 Å². The highest BCUT2D eigenvalue weighted by molar-refractivity contribution is 6.35. The van der Waals surface area contributed by atoms with Crippen molar-refractivity contribution in [3.8, 4) is 0 Å². The first-order valence-corrected chi connectivity index (χ1v) is 7.01. The SMILES string of the molecule is CC1CCN(C(=O)c2cccc([N+](=O)[O-])c2Cl)CC1C. The van der Waals surface area contributed by atoms with Gasteiger partial charge in [-0.2, -0.15) is 0 Å². The van der Waals surface area contributed by atoms with E-state index in [1.807, 2.05) is 0 Å². The number of nitro groups is 1. The Kier molecular flexibility index (Phi) is 4.28. The monoisotopic (exact) mass is 296 g/mol. The second-order valence-corrected chi connectivity index (χ2v) is 5.77. The highest BCUT2D eigenvalue weighted by Crippen LogP contribution is 2.30. The van der Waals surface area contributed by atoms with Crippen LogP contribution in [0.3, 0.4) is 0 Å². The van der Waals surface area contributed by atoms with Crippen LogP contribution in [-0.4, -0.2) is 28.8 Å². The molecule has 0 aliphatic carbocycles. The van der Waals surface area contributed by atoms with Crippen molar-refractivity contribution in [2.75, 3.05) is 13.1 Å². The Hall–Kier alpha value is -1.62. The van der Waals surface area contributed by atoms with Crippen LogP contribution in [0.15, 0.2) is 18.2 Å². The van der Waals surface area contributed by atoms with E-state index < -0.39 is 4.92 Å². The second kappa shape index (κ2) is 5.79. The van der Waals surface area contributed by atoms with Crippen molar-refractivity contribution in [2.45, 2.75) is 20.3 Å². The van der Waals surface area contributed by atoms with Crippen LogP contribution in [0.5, 0.6) is 0 Å². The molecule has 0 spiro atoms. The van der Waals surface area contributed by atoms with E-state index in [1.54, 1.807) is 11.0 Å². The number of benzene rings is 1. The lowest BCUT2D eigenvalue weighted by Crippen LogP contribution is -2.42. The van der Waals surface area contributed by atoms with E-state index in [0.29, 0.717) is 24.9 Å². The molecule has 1 aromatic rings. The Morgan fingerprint density at radius 2 is 2.10 bits per heavy atom. The van der Waals surface area contributed by atoms with Crippen molar-refractivity contribution in [1.29, 1.82) is 0 Å². The predicted octanol–water partition coefficient (Wildman–Crippen LogP) is 3.37. The van der Waals surface area contributed by atoms with Gasteiger partial charge in [-0.15, -0.1) is 0 Å². The summed E-state index contributed by atoms with van der Waals surface area (Å²) < 4.78 is 0. The van der Waals surface area contributed by atoms with Crippen molar-refractivity contribution in [3.05, 3.63) is 38.9 Å². The van der Waals surface area contributed by atoms with Gasteiger partial charge in [0.15, 0.2) is 0 Å². The summed E-state index contributed by atoms with van der Waals surface area (Å²) in [5.74, 6) is 0.780. The minimum Gasteiger partial charge on any atom is -0.338 e. The minimum atomic E-state index is -0.569. The predicted molar refractivity (Wildman–Crippen MR) is 77.0 cm³/mol. The van der Waals surface area contributed by atoms with Gasteiger partial charge in [-0.25, -0.2) is 0 Å². The van der Waals surface area contributed by atoms with E-state index in [0.717, 1.165) is 6.42 Å². The van der Waals surface area contributed by atoms with Crippen LogP contribution < -0.4 is 0 Å². The highest BCUT2D eigenvalue weighted by Gasteiger charge is 2.29. The van der Waals surface area contributed by atoms with Gasteiger partial charge in [-0.1, -0.05) is 31.5 Å². The number of carbonyl (C=O) groups is 1. The Bertz CT molecular complexity index is 547. The van der Waals surface area contributed by atoms with Gasteiger partial charge in [-0.3, -0.25) is 14.9 Å². The van der Waals surface area contributed by atoms with Crippen molar-refractivity contribution in [2.24, 2.45) is 11.8 Å². The Morgan fingerprint density at radius 1 is 1.40 bits per heavy atom. The lowest BCUT2D eigenvalue weighted by Gasteiger charge is -2.35. The van der Waals surface area contributed by atoms with E-state index in [9.17, 15) is 14.9 Å². The topological polar surface area (TPSA) is 63.5 Å². The lowest BCUT2D eigenvalue weighted by molar-refractivity contribution is -0.384. The molecular formula is C14H17ClN2O3. The minimum absolute atomic E-state index is 0.0752. The summed E-state index contributed by atoms with van der Waals surface area (Å²) in [7, 11) is 0. The van der Waals surface area contributed by atoms with Crippen LogP contribution in [0.1, 0.15) is 30.6 Å². The molecule has 20 heavy (non-hydrogen) atoms. The number of nitrogens with zero attached hydrogens (tertiary/aromatic N) is 2. The molecule has 0 aromatic heterocycles. The van der Waals surface area contributed by atoms with Gasteiger partial charge >= 0.3 is 0 Å². The molecule has 5 nitrogen and oxygen atoms in total. The van der Waals surface area contributed by atoms with Gasteiger partial charge in [0.05, 0.1) is 10.5 Å². The van der Waals surface area contributed by atoms with Crippen molar-refractivity contribution < 1.29 is 9.72 Å². The average Bonchev–Trinajstić information content (AvgIpc) is 2.41. The zero-order valence-corrected chi connectivity index (χ0v) is 12.3. The van der Waals surface area contributed by atoms with Crippen molar-refractivity contribution in [3.63, 3.8) is 0 Å². The fourth-order valence-corrected chi connectivity index (χ4v) is 2.72. The van der Waals surface area contributed by atoms with E-state index in [-0.39, 0.29) is 22.2 Å². The summed E-state index contributed by atoms with van der Waals surface area (Å²) in [5, 5.41) is 10.8. The zero-order chi connectivity index (χ0) is 14.9. The van der Waals surface area contributed by atoms with Crippen LogP contribution in [0.25, 0.3) is 0 Å². The van der Waals surface area contributed by atoms with Crippen LogP contribution >= 0.6 is 11.6 Å². The molecule has 0 radical (unpaired) electrons. The van der Waals surface area contributed by atoms with Gasteiger partial charge in [0.25, 0.3) is 11.6 Å². The second-order valence-electron chi connectivity index (χ2n) is 5.39. The normalized spacial score (nSPS) is 22.6. The molecular weight excluding hydrogens is 280 g/mol. The molecule has 6 heteroatoms. The Morgan fingerprint density at radius 3 is 2.70 bits per heavy atom. The maximum atomic E-state index is 12.5. The fraction of sp³-hybridized carbons (Fsp3) is 0.500. The maximum absolute atomic E-state index is 12.5. The molecule has 1 saturated heterocycles. The molecule has 1 aliphatic heterocycles. The largest absolute Gasteiger partial charge is 0.338 e. The van der Waals surface area contributed by atoms with Crippen LogP contribution in [0.4, 0.5) is 5.69 Å². The molecule has 1 fully saturated rings. The van der Waals surface area contributed by atoms with Crippen LogP contribution in [0.2, 0.25) is 5.02 Å². The third-order valence-electron chi connectivity index (χ3n) is 4.03. The summed E-state index contributed by atoms with van der Waals surface area (Å²) >= 11 is 5.99. The van der Waals surface area contributed by atoms with E-state index in [4.69, 9.17) is 11.6 Å². The van der Waals surface area contributed by atoms with Crippen molar-refractivity contribution >= 4 is 23.2 Å². The summed E-state index contributed by atoms with van der Waals surface area (Å²) in [4.78, 5) is 24.5. The van der Waals surface area contributed by atoms with E-state index in [2.05, 4.69) is 13.8 Å². The number of rotatable bonds is 2. The number of hydrogen-bond donors (Lipinski definition) is 0. The number of piperidine rings is 1. The van der Waals surface area contributed by atoms with E-state index >= 15 is 0 Å². The van der Waals surface area contributed by atoms with Gasteiger partial charge in [0, 0.05) is 19.2 Å². The molecule has 1 aromatic carbocycles. The molecule has 2 unspecified atom stereocenters. The Balaban J connectivity index is 2.26. The number of amides is 1. The first kappa shape index (κ1) is 14.8. The molecule has 2 atom stereocenters. The summed E-state index contributed by atoms with van der Waals surface area (Å²) in [6.45, 7) is 5.62. The molecule has 0 saturated carbocycles. The highest BCUT2D eigenvalue weighted by atomic mass is 35.5. The van der Waals surface area contributed by atoms with Gasteiger partial charge < -0.3 is 4.90 Å². The number of nitro benzene ring substituents is 1. The fourth-order valence-electron chi connectivity index (χ4n) is 2.44. The third kappa shape index (κ3) is 2.77. The molecule has 108 valence electrons. The smallest absolute Gasteiger partial charge is 0.288 e. The van der Waals surface area contributed by atoms with E-state index in [1.165, 1.54) is 12.1 Å². The number of likely N-dealkylation sites (tertiary alicyclic amines) is 1. The molecule has 0 bridgehead atoms. The molecule has 1 heterocycles. The first-order valence-electron chi connectivity index (χ1n) is 6.64. The van der Waals surface area contributed by atoms with Gasteiger partial charge in [0.1, 0.15) is 5.02 Å². The Labute approximate surface area is 122 Å². The summed E-state index contributed by atoms with van der Waals surface area (Å²) in [6.07, 6.45) is 0.944. The lowest BCUT2D eigenvalue weighted by atomic mass is 9.88. The molecule has 1 aliphatic rings. The number of carbonyl (C=O) groups excluding carboxylic acids is 1. The average molecular weight is 297 g/mol. The van der Waals surface area contributed by atoms with Crippen LogP contribution in [0, 0.1) is 22.0 Å². The quantitative estimate of drug-likeness (QED) is 0.621. The summed E-state index contributed by atoms with van der Waals surface area (Å²) in [6, 6.07) is 4.34. The third-order valence-corrected chi connectivity index (χ3v) is 4.42. The number of halogens is 1. The summed E-state index contributed by atoms with van der Waals surface area (Å²) in [5.41, 5.74) is -0.0152. The molecule has 1 amide bonds. The van der Waals surface area contributed by atoms with Crippen LogP contribution in [-0.2, 0) is 0 Å². The zero-order valence-electron chi connectivity index (χ0n) is 11.5. The first-order chi connectivity index (χ1) is 9.41. The van der Waals surface area contributed by atoms with Gasteiger partial charge in [0.2, 0.25) is 0 Å².